The molecule has 2 aliphatic heterocycles. The first-order valence-corrected chi connectivity index (χ1v) is 7.79. The molecule has 2 aromatic rings. The third kappa shape index (κ3) is 2.09. The van der Waals surface area contributed by atoms with Crippen molar-refractivity contribution in [3.05, 3.63) is 35.3 Å². The SMILES string of the molecule is CNc1c2c(nc3ccc(F)cc13)CC1CCCCN1C2. The first kappa shape index (κ1) is 13.0. The van der Waals surface area contributed by atoms with Crippen LogP contribution >= 0.6 is 0 Å². The predicted molar refractivity (Wildman–Crippen MR) is 83.0 cm³/mol. The lowest BCUT2D eigenvalue weighted by Gasteiger charge is -2.40. The number of nitrogens with one attached hydrogen (secondary N) is 1. The Morgan fingerprint density at radius 2 is 2.24 bits per heavy atom. The lowest BCUT2D eigenvalue weighted by Crippen LogP contribution is -2.44. The highest BCUT2D eigenvalue weighted by atomic mass is 19.1. The fourth-order valence-electron chi connectivity index (χ4n) is 3.88. The van der Waals surface area contributed by atoms with E-state index in [0.717, 1.165) is 29.6 Å². The van der Waals surface area contributed by atoms with Gasteiger partial charge in [0.25, 0.3) is 0 Å². The Morgan fingerprint density at radius 3 is 3.10 bits per heavy atom. The number of hydrogen-bond donors (Lipinski definition) is 1. The summed E-state index contributed by atoms with van der Waals surface area (Å²) < 4.78 is 13.6. The molecule has 1 N–H and O–H groups in total. The molecular weight excluding hydrogens is 265 g/mol. The topological polar surface area (TPSA) is 28.2 Å². The Bertz CT molecular complexity index is 698. The molecule has 1 saturated heterocycles. The molecule has 0 amide bonds. The smallest absolute Gasteiger partial charge is 0.124 e. The van der Waals surface area contributed by atoms with Gasteiger partial charge in [0.2, 0.25) is 0 Å². The molecule has 1 aromatic carbocycles. The van der Waals surface area contributed by atoms with Crippen LogP contribution < -0.4 is 5.32 Å². The van der Waals surface area contributed by atoms with E-state index in [-0.39, 0.29) is 5.82 Å². The average Bonchev–Trinajstić information content (AvgIpc) is 2.51. The highest BCUT2D eigenvalue weighted by Gasteiger charge is 2.31. The summed E-state index contributed by atoms with van der Waals surface area (Å²) in [5.74, 6) is -0.201. The monoisotopic (exact) mass is 285 g/mol. The van der Waals surface area contributed by atoms with Crippen LogP contribution in [0.15, 0.2) is 18.2 Å². The summed E-state index contributed by atoms with van der Waals surface area (Å²) in [6.07, 6.45) is 4.92. The largest absolute Gasteiger partial charge is 0.387 e. The summed E-state index contributed by atoms with van der Waals surface area (Å²) in [4.78, 5) is 7.39. The molecule has 2 aliphatic rings. The Morgan fingerprint density at radius 1 is 1.33 bits per heavy atom. The molecule has 1 fully saturated rings. The van der Waals surface area contributed by atoms with Crippen molar-refractivity contribution in [1.29, 1.82) is 0 Å². The zero-order valence-corrected chi connectivity index (χ0v) is 12.3. The van der Waals surface area contributed by atoms with E-state index >= 15 is 0 Å². The van der Waals surface area contributed by atoms with Crippen molar-refractivity contribution < 1.29 is 4.39 Å². The summed E-state index contributed by atoms with van der Waals surface area (Å²) in [6, 6.07) is 5.52. The van der Waals surface area contributed by atoms with Crippen LogP contribution in [0.5, 0.6) is 0 Å². The van der Waals surface area contributed by atoms with E-state index in [9.17, 15) is 4.39 Å². The van der Waals surface area contributed by atoms with Crippen LogP contribution in [0.4, 0.5) is 10.1 Å². The Kier molecular flexibility index (Phi) is 3.07. The van der Waals surface area contributed by atoms with Crippen LogP contribution in [0.1, 0.15) is 30.5 Å². The minimum absolute atomic E-state index is 0.201. The van der Waals surface area contributed by atoms with E-state index in [1.165, 1.54) is 43.1 Å². The molecule has 0 bridgehead atoms. The van der Waals surface area contributed by atoms with Gasteiger partial charge in [0.05, 0.1) is 5.52 Å². The lowest BCUT2D eigenvalue weighted by atomic mass is 9.90. The van der Waals surface area contributed by atoms with Gasteiger partial charge in [-0.3, -0.25) is 9.88 Å². The van der Waals surface area contributed by atoms with Crippen LogP contribution in [0.3, 0.4) is 0 Å². The molecule has 0 saturated carbocycles. The second-order valence-corrected chi connectivity index (χ2v) is 6.15. The molecule has 4 rings (SSSR count). The van der Waals surface area contributed by atoms with Gasteiger partial charge < -0.3 is 5.32 Å². The van der Waals surface area contributed by atoms with E-state index in [1.807, 2.05) is 7.05 Å². The third-order valence-corrected chi connectivity index (χ3v) is 4.92. The molecule has 0 radical (unpaired) electrons. The van der Waals surface area contributed by atoms with Crippen molar-refractivity contribution in [2.24, 2.45) is 0 Å². The minimum Gasteiger partial charge on any atom is -0.387 e. The first-order valence-electron chi connectivity index (χ1n) is 7.79. The number of piperidine rings is 1. The van der Waals surface area contributed by atoms with E-state index in [4.69, 9.17) is 4.98 Å². The molecule has 0 aliphatic carbocycles. The molecule has 4 heteroatoms. The van der Waals surface area contributed by atoms with E-state index in [0.29, 0.717) is 6.04 Å². The maximum Gasteiger partial charge on any atom is 0.124 e. The molecule has 3 nitrogen and oxygen atoms in total. The summed E-state index contributed by atoms with van der Waals surface area (Å²) in [6.45, 7) is 2.12. The molecule has 1 aromatic heterocycles. The second kappa shape index (κ2) is 4.95. The number of benzene rings is 1. The third-order valence-electron chi connectivity index (χ3n) is 4.92. The van der Waals surface area contributed by atoms with Gasteiger partial charge in [-0.2, -0.15) is 0 Å². The Balaban J connectivity index is 1.89. The summed E-state index contributed by atoms with van der Waals surface area (Å²) >= 11 is 0. The van der Waals surface area contributed by atoms with Crippen LogP contribution in [0.25, 0.3) is 10.9 Å². The van der Waals surface area contributed by atoms with E-state index in [2.05, 4.69) is 10.2 Å². The molecule has 1 unspecified atom stereocenters. The fraction of sp³-hybridized carbons (Fsp3) is 0.471. The summed E-state index contributed by atoms with van der Waals surface area (Å²) in [5.41, 5.74) is 4.40. The standard InChI is InChI=1S/C17H20FN3/c1-19-17-13-8-11(18)5-6-15(13)20-16-9-12-4-2-3-7-21(12)10-14(16)17/h5-6,8,12H,2-4,7,9-10H2,1H3,(H,19,20). The van der Waals surface area contributed by atoms with Gasteiger partial charge in [0.1, 0.15) is 5.82 Å². The van der Waals surface area contributed by atoms with Crippen LogP contribution in [-0.2, 0) is 13.0 Å². The van der Waals surface area contributed by atoms with Crippen molar-refractivity contribution in [3.8, 4) is 0 Å². The number of halogens is 1. The van der Waals surface area contributed by atoms with E-state index < -0.39 is 0 Å². The van der Waals surface area contributed by atoms with Crippen molar-refractivity contribution >= 4 is 16.6 Å². The molecule has 1 atom stereocenters. The number of nitrogens with zero attached hydrogens (tertiary/aromatic N) is 2. The molecule has 21 heavy (non-hydrogen) atoms. The maximum absolute atomic E-state index is 13.6. The van der Waals surface area contributed by atoms with Crippen molar-refractivity contribution in [2.45, 2.75) is 38.3 Å². The number of aromatic nitrogens is 1. The zero-order valence-electron chi connectivity index (χ0n) is 12.3. The summed E-state index contributed by atoms with van der Waals surface area (Å²) in [5, 5.41) is 4.18. The number of fused-ring (bicyclic) bond motifs is 3. The molecule has 0 spiro atoms. The van der Waals surface area contributed by atoms with Crippen molar-refractivity contribution in [3.63, 3.8) is 0 Å². The number of anilines is 1. The van der Waals surface area contributed by atoms with Gasteiger partial charge in [0, 0.05) is 48.4 Å². The van der Waals surface area contributed by atoms with Crippen LogP contribution in [0.2, 0.25) is 0 Å². The number of rotatable bonds is 1. The van der Waals surface area contributed by atoms with E-state index in [1.54, 1.807) is 12.1 Å². The van der Waals surface area contributed by atoms with Gasteiger partial charge in [-0.05, 0) is 37.6 Å². The quantitative estimate of drug-likeness (QED) is 0.871. The van der Waals surface area contributed by atoms with Crippen molar-refractivity contribution in [1.82, 2.24) is 9.88 Å². The van der Waals surface area contributed by atoms with Gasteiger partial charge in [-0.25, -0.2) is 4.39 Å². The highest BCUT2D eigenvalue weighted by molar-refractivity contribution is 5.93. The number of hydrogen-bond acceptors (Lipinski definition) is 3. The fourth-order valence-corrected chi connectivity index (χ4v) is 3.88. The van der Waals surface area contributed by atoms with Gasteiger partial charge in [-0.1, -0.05) is 6.42 Å². The highest BCUT2D eigenvalue weighted by Crippen LogP contribution is 2.36. The molecular formula is C17H20FN3. The first-order chi connectivity index (χ1) is 10.3. The van der Waals surface area contributed by atoms with Crippen molar-refractivity contribution in [2.75, 3.05) is 18.9 Å². The summed E-state index contributed by atoms with van der Waals surface area (Å²) in [7, 11) is 1.92. The van der Waals surface area contributed by atoms with Gasteiger partial charge in [0.15, 0.2) is 0 Å². The minimum atomic E-state index is -0.201. The Hall–Kier alpha value is -1.68. The normalized spacial score (nSPS) is 21.9. The van der Waals surface area contributed by atoms with Gasteiger partial charge >= 0.3 is 0 Å². The molecule has 110 valence electrons. The molecule has 3 heterocycles. The van der Waals surface area contributed by atoms with Crippen LogP contribution in [0, 0.1) is 5.82 Å². The average molecular weight is 285 g/mol. The maximum atomic E-state index is 13.6. The number of pyridine rings is 1. The predicted octanol–water partition coefficient (Wildman–Crippen LogP) is 3.33. The lowest BCUT2D eigenvalue weighted by molar-refractivity contribution is 0.126. The Labute approximate surface area is 124 Å². The second-order valence-electron chi connectivity index (χ2n) is 6.15. The zero-order chi connectivity index (χ0) is 14.4. The van der Waals surface area contributed by atoms with Gasteiger partial charge in [-0.15, -0.1) is 0 Å². The van der Waals surface area contributed by atoms with Crippen LogP contribution in [-0.4, -0.2) is 29.5 Å².